The molecule has 2 unspecified atom stereocenters. The summed E-state index contributed by atoms with van der Waals surface area (Å²) in [5.74, 6) is 0.570. The van der Waals surface area contributed by atoms with Crippen molar-refractivity contribution < 1.29 is 18.4 Å². The van der Waals surface area contributed by atoms with E-state index in [9.17, 15) is 14.0 Å². The van der Waals surface area contributed by atoms with Gasteiger partial charge in [-0.1, -0.05) is 19.1 Å². The predicted molar refractivity (Wildman–Crippen MR) is 73.7 cm³/mol. The third-order valence-electron chi connectivity index (χ3n) is 2.75. The van der Waals surface area contributed by atoms with E-state index in [2.05, 4.69) is 10.6 Å². The van der Waals surface area contributed by atoms with Gasteiger partial charge in [-0.05, 0) is 13.0 Å². The van der Waals surface area contributed by atoms with E-state index in [4.69, 9.17) is 4.42 Å². The van der Waals surface area contributed by atoms with Crippen LogP contribution >= 0.6 is 0 Å². The second-order valence-corrected chi connectivity index (χ2v) is 4.25. The number of aryl methyl sites for hydroxylation is 1. The van der Waals surface area contributed by atoms with E-state index in [0.717, 1.165) is 0 Å². The van der Waals surface area contributed by atoms with Gasteiger partial charge in [0.2, 0.25) is 12.3 Å². The third kappa shape index (κ3) is 3.94. The number of likely N-dealkylation sites (N-methyl/N-ethyl adjacent to an activating group) is 1. The summed E-state index contributed by atoms with van der Waals surface area (Å²) in [5.41, 5.74) is 0.702. The van der Waals surface area contributed by atoms with E-state index >= 15 is 0 Å². The summed E-state index contributed by atoms with van der Waals surface area (Å²) in [7, 11) is 1.47. The molecule has 0 radical (unpaired) electrons. The maximum atomic E-state index is 12.9. The lowest BCUT2D eigenvalue weighted by atomic mass is 10.1. The van der Waals surface area contributed by atoms with Crippen LogP contribution in [0.5, 0.6) is 0 Å². The maximum Gasteiger partial charge on any atom is 0.250 e. The molecule has 1 aromatic rings. The Morgan fingerprint density at radius 3 is 2.75 bits per heavy atom. The van der Waals surface area contributed by atoms with Gasteiger partial charge in [0, 0.05) is 19.0 Å². The largest absolute Gasteiger partial charge is 0.463 e. The Labute approximate surface area is 117 Å². The number of carbonyl (C=O) groups is 2. The first-order valence-corrected chi connectivity index (χ1v) is 6.39. The van der Waals surface area contributed by atoms with Crippen molar-refractivity contribution in [1.82, 2.24) is 10.6 Å². The molecule has 2 atom stereocenters. The minimum Gasteiger partial charge on any atom is -0.463 e. The Bertz CT molecular complexity index is 495. The zero-order valence-corrected chi connectivity index (χ0v) is 11.8. The normalized spacial score (nSPS) is 14.0. The topological polar surface area (TPSA) is 71.3 Å². The zero-order chi connectivity index (χ0) is 15.1. The second-order valence-electron chi connectivity index (χ2n) is 4.25. The molecule has 20 heavy (non-hydrogen) atoms. The van der Waals surface area contributed by atoms with Crippen LogP contribution in [0.25, 0.3) is 6.08 Å². The molecule has 0 saturated heterocycles. The Kier molecular flexibility index (Phi) is 5.96. The van der Waals surface area contributed by atoms with Crippen molar-refractivity contribution in [2.24, 2.45) is 0 Å². The van der Waals surface area contributed by atoms with Gasteiger partial charge < -0.3 is 15.1 Å². The van der Waals surface area contributed by atoms with Crippen LogP contribution in [0.15, 0.2) is 16.6 Å². The SMILES string of the molecule is CCc1oc(C(NC=O)C(=O)NC)cc1/C=C\C(C)F. The number of hydrogen-bond donors (Lipinski definition) is 2. The first kappa shape index (κ1) is 15.9. The number of carbonyl (C=O) groups excluding carboxylic acids is 2. The van der Waals surface area contributed by atoms with Gasteiger partial charge in [-0.2, -0.15) is 0 Å². The average Bonchev–Trinajstić information content (AvgIpc) is 2.84. The number of nitrogens with one attached hydrogen (secondary N) is 2. The number of amides is 2. The fourth-order valence-electron chi connectivity index (χ4n) is 1.76. The van der Waals surface area contributed by atoms with Gasteiger partial charge in [-0.25, -0.2) is 4.39 Å². The van der Waals surface area contributed by atoms with Crippen LogP contribution in [0.1, 0.15) is 37.0 Å². The Hall–Kier alpha value is -2.11. The van der Waals surface area contributed by atoms with Crippen LogP contribution in [0.3, 0.4) is 0 Å². The Morgan fingerprint density at radius 1 is 1.55 bits per heavy atom. The molecule has 1 rings (SSSR count). The van der Waals surface area contributed by atoms with Crippen LogP contribution in [-0.2, 0) is 16.0 Å². The molecule has 0 aliphatic heterocycles. The fraction of sp³-hybridized carbons (Fsp3) is 0.429. The monoisotopic (exact) mass is 282 g/mol. The molecule has 0 aromatic carbocycles. The first-order valence-electron chi connectivity index (χ1n) is 6.39. The average molecular weight is 282 g/mol. The van der Waals surface area contributed by atoms with Crippen molar-refractivity contribution >= 4 is 18.4 Å². The molecule has 1 aromatic heterocycles. The number of halogens is 1. The smallest absolute Gasteiger partial charge is 0.250 e. The second kappa shape index (κ2) is 7.47. The molecule has 2 N–H and O–H groups in total. The zero-order valence-electron chi connectivity index (χ0n) is 11.8. The predicted octanol–water partition coefficient (Wildman–Crippen LogP) is 1.75. The molecule has 0 aliphatic carbocycles. The molecule has 2 amide bonds. The molecule has 0 fully saturated rings. The van der Waals surface area contributed by atoms with Crippen LogP contribution in [0.4, 0.5) is 4.39 Å². The number of rotatable bonds is 7. The summed E-state index contributed by atoms with van der Waals surface area (Å²) in [6, 6.07) is 0.737. The minimum atomic E-state index is -1.07. The van der Waals surface area contributed by atoms with Crippen molar-refractivity contribution in [3.63, 3.8) is 0 Å². The van der Waals surface area contributed by atoms with Crippen molar-refractivity contribution in [3.8, 4) is 0 Å². The summed E-state index contributed by atoms with van der Waals surface area (Å²) in [5, 5.41) is 4.84. The first-order chi connectivity index (χ1) is 9.53. The van der Waals surface area contributed by atoms with E-state index < -0.39 is 12.2 Å². The van der Waals surface area contributed by atoms with Crippen molar-refractivity contribution in [2.45, 2.75) is 32.5 Å². The van der Waals surface area contributed by atoms with Crippen molar-refractivity contribution in [2.75, 3.05) is 7.05 Å². The van der Waals surface area contributed by atoms with Gasteiger partial charge in [-0.15, -0.1) is 0 Å². The van der Waals surface area contributed by atoms with Crippen LogP contribution < -0.4 is 10.6 Å². The van der Waals surface area contributed by atoms with E-state index in [0.29, 0.717) is 29.9 Å². The molecular formula is C14H19FN2O3. The van der Waals surface area contributed by atoms with Crippen LogP contribution in [0.2, 0.25) is 0 Å². The van der Waals surface area contributed by atoms with E-state index in [-0.39, 0.29) is 5.91 Å². The lowest BCUT2D eigenvalue weighted by Gasteiger charge is -2.11. The molecule has 5 nitrogen and oxygen atoms in total. The summed E-state index contributed by atoms with van der Waals surface area (Å²) < 4.78 is 18.4. The van der Waals surface area contributed by atoms with E-state index in [1.807, 2.05) is 6.92 Å². The van der Waals surface area contributed by atoms with Crippen LogP contribution in [-0.4, -0.2) is 25.5 Å². The van der Waals surface area contributed by atoms with Crippen molar-refractivity contribution in [1.29, 1.82) is 0 Å². The standard InChI is InChI=1S/C14H19FN2O3/c1-4-11-10(6-5-9(2)15)7-12(20-11)13(17-8-18)14(19)16-3/h5-9,13H,4H2,1-3H3,(H,16,19)(H,17,18)/b6-5-. The molecule has 1 heterocycles. The molecule has 0 aliphatic rings. The van der Waals surface area contributed by atoms with Gasteiger partial charge in [0.15, 0.2) is 6.04 Å². The fourth-order valence-corrected chi connectivity index (χ4v) is 1.76. The van der Waals surface area contributed by atoms with E-state index in [1.165, 1.54) is 20.0 Å². The number of furan rings is 1. The Balaban J connectivity index is 3.11. The summed E-state index contributed by atoms with van der Waals surface area (Å²) in [6.07, 6.45) is 2.98. The van der Waals surface area contributed by atoms with Crippen LogP contribution in [0, 0.1) is 0 Å². The highest BCUT2D eigenvalue weighted by atomic mass is 19.1. The van der Waals surface area contributed by atoms with Gasteiger partial charge in [0.1, 0.15) is 17.7 Å². The summed E-state index contributed by atoms with van der Waals surface area (Å²) in [4.78, 5) is 22.3. The number of alkyl halides is 1. The molecule has 0 bridgehead atoms. The van der Waals surface area contributed by atoms with Gasteiger partial charge >= 0.3 is 0 Å². The van der Waals surface area contributed by atoms with Gasteiger partial charge in [-0.3, -0.25) is 9.59 Å². The summed E-state index contributed by atoms with van der Waals surface area (Å²) >= 11 is 0. The number of allylic oxidation sites excluding steroid dienone is 1. The van der Waals surface area contributed by atoms with Crippen molar-refractivity contribution in [3.05, 3.63) is 29.2 Å². The molecule has 0 saturated carbocycles. The highest BCUT2D eigenvalue weighted by Gasteiger charge is 2.23. The maximum absolute atomic E-state index is 12.9. The van der Waals surface area contributed by atoms with Gasteiger partial charge in [0.05, 0.1) is 0 Å². The third-order valence-corrected chi connectivity index (χ3v) is 2.75. The Morgan fingerprint density at radius 2 is 2.25 bits per heavy atom. The lowest BCUT2D eigenvalue weighted by Crippen LogP contribution is -2.34. The number of hydrogen-bond acceptors (Lipinski definition) is 3. The van der Waals surface area contributed by atoms with Gasteiger partial charge in [0.25, 0.3) is 0 Å². The van der Waals surface area contributed by atoms with E-state index in [1.54, 1.807) is 12.1 Å². The quantitative estimate of drug-likeness (QED) is 0.748. The molecule has 110 valence electrons. The minimum absolute atomic E-state index is 0.319. The highest BCUT2D eigenvalue weighted by Crippen LogP contribution is 2.23. The molecular weight excluding hydrogens is 263 g/mol. The lowest BCUT2D eigenvalue weighted by molar-refractivity contribution is -0.125. The highest BCUT2D eigenvalue weighted by molar-refractivity contribution is 5.84. The molecule has 6 heteroatoms. The summed E-state index contributed by atoms with van der Waals surface area (Å²) in [6.45, 7) is 3.31. The molecule has 0 spiro atoms.